The fraction of sp³-hybridized carbons (Fsp3) is 0.579. The third-order valence-corrected chi connectivity index (χ3v) is 11.3. The zero-order valence-electron chi connectivity index (χ0n) is 30.3. The zero-order valence-corrected chi connectivity index (χ0v) is 31.9. The van der Waals surface area contributed by atoms with E-state index < -0.39 is 0 Å². The van der Waals surface area contributed by atoms with E-state index in [4.69, 9.17) is 46.1 Å². The van der Waals surface area contributed by atoms with Gasteiger partial charge in [0, 0.05) is 51.1 Å². The Labute approximate surface area is 299 Å². The van der Waals surface area contributed by atoms with Crippen molar-refractivity contribution in [3.8, 4) is 0 Å². The molecule has 3 fully saturated rings. The molecule has 1 aliphatic heterocycles. The van der Waals surface area contributed by atoms with Gasteiger partial charge in [-0.3, -0.25) is 20.7 Å². The molecule has 260 valence electrons. The highest BCUT2D eigenvalue weighted by Crippen LogP contribution is 2.51. The van der Waals surface area contributed by atoms with Gasteiger partial charge in [-0.05, 0) is 136 Å². The Morgan fingerprint density at radius 3 is 1.21 bits per heavy atom. The van der Waals surface area contributed by atoms with Gasteiger partial charge < -0.3 is 11.5 Å². The Hall–Kier alpha value is -2.92. The molecule has 3 aliphatic rings. The lowest BCUT2D eigenvalue weighted by Crippen LogP contribution is -2.53. The maximum atomic E-state index is 5.81. The van der Waals surface area contributed by atoms with Crippen LogP contribution in [0.2, 0.25) is 0 Å². The van der Waals surface area contributed by atoms with Crippen molar-refractivity contribution in [2.75, 3.05) is 39.3 Å². The average Bonchev–Trinajstić information content (AvgIpc) is 2.94. The number of rotatable bonds is 10. The normalized spacial score (nSPS) is 26.8. The number of nitrogens with two attached hydrogens (primary N) is 2. The molecule has 0 aromatic heterocycles. The molecule has 10 heteroatoms. The molecule has 2 aromatic rings. The minimum atomic E-state index is 0.152. The summed E-state index contributed by atoms with van der Waals surface area (Å²) >= 11 is 10.2. The SMILES string of the molecule is Cc1cc(C)c(C2(C)CC(/C(CN3CCN(C/C(=N\NC(N)=S)C4CC(C)(c5c(C)cc(C)cc5C)C4)CC3)=N/NC(N)=S)C2)c(C)c1. The molecule has 48 heavy (non-hydrogen) atoms. The predicted octanol–water partition coefficient (Wildman–Crippen LogP) is 5.57. The highest BCUT2D eigenvalue weighted by molar-refractivity contribution is 7.80. The van der Waals surface area contributed by atoms with E-state index in [1.165, 1.54) is 44.5 Å². The molecule has 1 heterocycles. The summed E-state index contributed by atoms with van der Waals surface area (Å²) in [4.78, 5) is 5.03. The van der Waals surface area contributed by atoms with Gasteiger partial charge in [0.1, 0.15) is 0 Å². The van der Waals surface area contributed by atoms with Gasteiger partial charge in [0.2, 0.25) is 0 Å². The lowest BCUT2D eigenvalue weighted by atomic mass is 9.57. The Morgan fingerprint density at radius 1 is 0.646 bits per heavy atom. The summed E-state index contributed by atoms with van der Waals surface area (Å²) in [6.45, 7) is 23.7. The molecule has 0 radical (unpaired) electrons. The smallest absolute Gasteiger partial charge is 0.184 e. The predicted molar refractivity (Wildman–Crippen MR) is 209 cm³/mol. The molecule has 0 spiro atoms. The van der Waals surface area contributed by atoms with Gasteiger partial charge in [-0.1, -0.05) is 49.2 Å². The maximum absolute atomic E-state index is 5.81. The van der Waals surface area contributed by atoms with Gasteiger partial charge in [-0.2, -0.15) is 10.2 Å². The molecule has 0 unspecified atom stereocenters. The highest BCUT2D eigenvalue weighted by atomic mass is 32.1. The molecular formula is C38H56N8S2. The van der Waals surface area contributed by atoms with Crippen molar-refractivity contribution in [1.29, 1.82) is 0 Å². The van der Waals surface area contributed by atoms with E-state index in [-0.39, 0.29) is 21.1 Å². The van der Waals surface area contributed by atoms with Crippen molar-refractivity contribution in [2.45, 2.75) is 91.9 Å². The Bertz CT molecular complexity index is 1440. The van der Waals surface area contributed by atoms with Gasteiger partial charge in [0.25, 0.3) is 0 Å². The lowest BCUT2D eigenvalue weighted by Gasteiger charge is -2.49. The Balaban J connectivity index is 1.20. The monoisotopic (exact) mass is 688 g/mol. The number of nitrogens with zero attached hydrogens (tertiary/aromatic N) is 4. The summed E-state index contributed by atoms with van der Waals surface area (Å²) in [7, 11) is 0. The van der Waals surface area contributed by atoms with Crippen molar-refractivity contribution in [3.05, 3.63) is 68.8 Å². The van der Waals surface area contributed by atoms with E-state index in [9.17, 15) is 0 Å². The average molecular weight is 689 g/mol. The number of aryl methyl sites for hydroxylation is 6. The molecule has 2 aliphatic carbocycles. The molecule has 5 rings (SSSR count). The molecule has 0 bridgehead atoms. The van der Waals surface area contributed by atoms with Crippen LogP contribution in [0.5, 0.6) is 0 Å². The van der Waals surface area contributed by atoms with E-state index in [2.05, 4.69) is 100 Å². The van der Waals surface area contributed by atoms with Crippen LogP contribution in [-0.2, 0) is 10.8 Å². The molecule has 0 amide bonds. The van der Waals surface area contributed by atoms with Crippen molar-refractivity contribution >= 4 is 46.1 Å². The number of hydrazone groups is 2. The van der Waals surface area contributed by atoms with Crippen LogP contribution in [0, 0.1) is 53.4 Å². The maximum Gasteiger partial charge on any atom is 0.184 e. The van der Waals surface area contributed by atoms with Crippen molar-refractivity contribution < 1.29 is 0 Å². The first-order valence-corrected chi connectivity index (χ1v) is 18.2. The zero-order chi connectivity index (χ0) is 35.0. The summed E-state index contributed by atoms with van der Waals surface area (Å²) in [6.07, 6.45) is 4.31. The molecule has 2 aromatic carbocycles. The van der Waals surface area contributed by atoms with Gasteiger partial charge >= 0.3 is 0 Å². The Morgan fingerprint density at radius 2 is 0.938 bits per heavy atom. The largest absolute Gasteiger partial charge is 0.375 e. The standard InChI is InChI=1S/C38H56N8S2/c1-23-13-25(3)33(26(4)14-23)37(7)17-29(18-37)31(41-43-35(39)47)21-45-9-11-46(12-10-45)22-32(42-44-36(40)48)30-19-38(8,20-30)34-27(5)15-24(2)16-28(34)6/h13-16,29-30H,9-12,17-22H2,1-8H3,(H3,39,43,47)(H3,40,44,48)/b41-31+,42-32+. The quantitative estimate of drug-likeness (QED) is 0.146. The molecule has 1 saturated heterocycles. The highest BCUT2D eigenvalue weighted by Gasteiger charge is 2.47. The van der Waals surface area contributed by atoms with Crippen LogP contribution in [0.25, 0.3) is 0 Å². The van der Waals surface area contributed by atoms with Crippen molar-refractivity contribution in [2.24, 2.45) is 33.5 Å². The summed E-state index contributed by atoms with van der Waals surface area (Å²) in [5.41, 5.74) is 31.3. The van der Waals surface area contributed by atoms with Crippen LogP contribution in [0.3, 0.4) is 0 Å². The second-order valence-electron chi connectivity index (χ2n) is 15.6. The van der Waals surface area contributed by atoms with E-state index in [1.807, 2.05) is 0 Å². The Kier molecular flexibility index (Phi) is 11.0. The van der Waals surface area contributed by atoms with Crippen LogP contribution in [0.4, 0.5) is 0 Å². The summed E-state index contributed by atoms with van der Waals surface area (Å²) in [6, 6.07) is 9.26. The summed E-state index contributed by atoms with van der Waals surface area (Å²) in [5.74, 6) is 0.794. The number of hydrogen-bond acceptors (Lipinski definition) is 6. The molecule has 8 nitrogen and oxygen atoms in total. The first-order valence-electron chi connectivity index (χ1n) is 17.4. The van der Waals surface area contributed by atoms with Crippen LogP contribution < -0.4 is 22.3 Å². The fourth-order valence-electron chi connectivity index (χ4n) is 9.53. The third kappa shape index (κ3) is 8.09. The minimum Gasteiger partial charge on any atom is -0.375 e. The van der Waals surface area contributed by atoms with Crippen LogP contribution in [0.1, 0.15) is 84.0 Å². The number of piperazine rings is 1. The molecule has 0 atom stereocenters. The minimum absolute atomic E-state index is 0.152. The number of thiocarbonyl (C=S) groups is 2. The van der Waals surface area contributed by atoms with E-state index in [0.29, 0.717) is 11.8 Å². The lowest BCUT2D eigenvalue weighted by molar-refractivity contribution is 0.148. The second-order valence-corrected chi connectivity index (χ2v) is 16.5. The van der Waals surface area contributed by atoms with E-state index in [1.54, 1.807) is 0 Å². The number of benzene rings is 2. The first-order chi connectivity index (χ1) is 22.6. The van der Waals surface area contributed by atoms with Crippen molar-refractivity contribution in [1.82, 2.24) is 20.7 Å². The van der Waals surface area contributed by atoms with Gasteiger partial charge in [-0.25, -0.2) is 0 Å². The van der Waals surface area contributed by atoms with Crippen LogP contribution in [0.15, 0.2) is 34.5 Å². The van der Waals surface area contributed by atoms with Gasteiger partial charge in [0.15, 0.2) is 10.2 Å². The fourth-order valence-corrected chi connectivity index (χ4v) is 9.62. The summed E-state index contributed by atoms with van der Waals surface area (Å²) in [5, 5.41) is 9.93. The summed E-state index contributed by atoms with van der Waals surface area (Å²) < 4.78 is 0. The number of nitrogens with one attached hydrogen (secondary N) is 2. The third-order valence-electron chi connectivity index (χ3n) is 11.1. The van der Waals surface area contributed by atoms with Crippen LogP contribution in [-0.4, -0.2) is 70.7 Å². The van der Waals surface area contributed by atoms with E-state index >= 15 is 0 Å². The van der Waals surface area contributed by atoms with Gasteiger partial charge in [0.05, 0.1) is 11.4 Å². The molecule has 6 N–H and O–H groups in total. The first kappa shape index (κ1) is 36.4. The second kappa shape index (κ2) is 14.5. The topological polar surface area (TPSA) is 107 Å². The van der Waals surface area contributed by atoms with Gasteiger partial charge in [-0.15, -0.1) is 0 Å². The molecule has 2 saturated carbocycles. The van der Waals surface area contributed by atoms with Crippen LogP contribution >= 0.6 is 24.4 Å². The molecular weight excluding hydrogens is 633 g/mol. The number of hydrogen-bond donors (Lipinski definition) is 4. The van der Waals surface area contributed by atoms with E-state index in [0.717, 1.165) is 76.4 Å². The van der Waals surface area contributed by atoms with Crippen molar-refractivity contribution in [3.63, 3.8) is 0 Å².